The van der Waals surface area contributed by atoms with Gasteiger partial charge in [-0.15, -0.1) is 0 Å². The Kier molecular flexibility index (Phi) is 4.68. The summed E-state index contributed by atoms with van der Waals surface area (Å²) in [5.41, 5.74) is 3.94. The van der Waals surface area contributed by atoms with Gasteiger partial charge in [-0.1, -0.05) is 26.0 Å². The monoisotopic (exact) mass is 420 g/mol. The SMILES string of the molecule is C=C1C[C@@H]2[C@H](CC[C@@]3(C)[C@H]2CC[C@]3(C)O)[C@@]2(C)CC/C(=N\NS(C)(=O)=O)C(C)=C12. The summed E-state index contributed by atoms with van der Waals surface area (Å²) in [6.45, 7) is 13.3. The molecule has 3 fully saturated rings. The topological polar surface area (TPSA) is 78.8 Å². The minimum absolute atomic E-state index is 0.00175. The average molecular weight is 421 g/mol. The molecule has 0 amide bonds. The second-order valence-corrected chi connectivity index (χ2v) is 12.5. The Labute approximate surface area is 175 Å². The van der Waals surface area contributed by atoms with Gasteiger partial charge < -0.3 is 5.11 Å². The van der Waals surface area contributed by atoms with Gasteiger partial charge >= 0.3 is 0 Å². The van der Waals surface area contributed by atoms with Crippen molar-refractivity contribution in [1.29, 1.82) is 0 Å². The van der Waals surface area contributed by atoms with Gasteiger partial charge in [-0.2, -0.15) is 5.10 Å². The molecule has 29 heavy (non-hydrogen) atoms. The molecular weight excluding hydrogens is 384 g/mol. The van der Waals surface area contributed by atoms with Gasteiger partial charge in [0, 0.05) is 0 Å². The Balaban J connectivity index is 1.72. The Morgan fingerprint density at radius 1 is 1.14 bits per heavy atom. The minimum atomic E-state index is -3.36. The lowest BCUT2D eigenvalue weighted by Crippen LogP contribution is -2.54. The van der Waals surface area contributed by atoms with Crippen molar-refractivity contribution in [1.82, 2.24) is 4.83 Å². The van der Waals surface area contributed by atoms with Crippen LogP contribution in [0.5, 0.6) is 0 Å². The van der Waals surface area contributed by atoms with Gasteiger partial charge in [0.15, 0.2) is 0 Å². The van der Waals surface area contributed by atoms with Crippen LogP contribution >= 0.6 is 0 Å². The molecule has 0 aliphatic heterocycles. The van der Waals surface area contributed by atoms with Crippen LogP contribution in [0.15, 0.2) is 28.4 Å². The molecule has 2 N–H and O–H groups in total. The van der Waals surface area contributed by atoms with Gasteiger partial charge in [0.1, 0.15) is 0 Å². The first kappa shape index (κ1) is 21.1. The van der Waals surface area contributed by atoms with Crippen LogP contribution in [0.4, 0.5) is 0 Å². The summed E-state index contributed by atoms with van der Waals surface area (Å²) in [6, 6.07) is 0. The molecule has 4 rings (SSSR count). The van der Waals surface area contributed by atoms with E-state index in [1.807, 2.05) is 6.92 Å². The zero-order chi connectivity index (χ0) is 21.4. The van der Waals surface area contributed by atoms with Gasteiger partial charge in [-0.3, -0.25) is 0 Å². The predicted octanol–water partition coefficient (Wildman–Crippen LogP) is 4.16. The molecule has 0 bridgehead atoms. The van der Waals surface area contributed by atoms with Crippen LogP contribution in [0.25, 0.3) is 0 Å². The molecule has 4 aliphatic rings. The summed E-state index contributed by atoms with van der Waals surface area (Å²) in [5.74, 6) is 1.72. The van der Waals surface area contributed by atoms with Crippen LogP contribution in [-0.2, 0) is 10.0 Å². The fourth-order valence-corrected chi connectivity index (χ4v) is 7.85. The third kappa shape index (κ3) is 3.04. The highest BCUT2D eigenvalue weighted by Gasteiger charge is 2.63. The van der Waals surface area contributed by atoms with E-state index < -0.39 is 15.6 Å². The number of hydrogen-bond donors (Lipinski definition) is 2. The first-order valence-electron chi connectivity index (χ1n) is 11.0. The van der Waals surface area contributed by atoms with Crippen molar-refractivity contribution < 1.29 is 13.5 Å². The van der Waals surface area contributed by atoms with Crippen molar-refractivity contribution in [2.45, 2.75) is 78.2 Å². The molecule has 6 atom stereocenters. The summed E-state index contributed by atoms with van der Waals surface area (Å²) < 4.78 is 23.0. The molecule has 0 unspecified atom stereocenters. The Bertz CT molecular complexity index is 916. The molecule has 0 radical (unpaired) electrons. The van der Waals surface area contributed by atoms with Crippen LogP contribution < -0.4 is 4.83 Å². The smallest absolute Gasteiger partial charge is 0.244 e. The number of sulfonamides is 1. The van der Waals surface area contributed by atoms with Gasteiger partial charge in [0.05, 0.1) is 17.6 Å². The fraction of sp³-hybridized carbons (Fsp3) is 0.783. The van der Waals surface area contributed by atoms with Gasteiger partial charge in [-0.05, 0) is 98.5 Å². The normalized spacial score (nSPS) is 46.3. The summed E-state index contributed by atoms with van der Waals surface area (Å²) in [4.78, 5) is 2.31. The summed E-state index contributed by atoms with van der Waals surface area (Å²) in [5, 5.41) is 15.3. The predicted molar refractivity (Wildman–Crippen MR) is 117 cm³/mol. The number of fused-ring (bicyclic) bond motifs is 5. The molecule has 6 heteroatoms. The lowest BCUT2D eigenvalue weighted by molar-refractivity contribution is -0.113. The van der Waals surface area contributed by atoms with Crippen molar-refractivity contribution in [3.05, 3.63) is 23.3 Å². The average Bonchev–Trinajstić information content (AvgIpc) is 2.83. The molecule has 0 aromatic rings. The van der Waals surface area contributed by atoms with Crippen molar-refractivity contribution in [3.63, 3.8) is 0 Å². The van der Waals surface area contributed by atoms with Crippen molar-refractivity contribution >= 4 is 15.7 Å². The highest BCUT2D eigenvalue weighted by Crippen LogP contribution is 2.68. The Hall–Kier alpha value is -1.14. The van der Waals surface area contributed by atoms with E-state index in [4.69, 9.17) is 0 Å². The highest BCUT2D eigenvalue weighted by atomic mass is 32.2. The lowest BCUT2D eigenvalue weighted by atomic mass is 9.45. The maximum Gasteiger partial charge on any atom is 0.244 e. The number of rotatable bonds is 2. The quantitative estimate of drug-likeness (QED) is 0.658. The van der Waals surface area contributed by atoms with Crippen LogP contribution in [0.1, 0.15) is 72.6 Å². The summed E-state index contributed by atoms with van der Waals surface area (Å²) >= 11 is 0. The molecule has 0 aromatic carbocycles. The zero-order valence-electron chi connectivity index (χ0n) is 18.5. The van der Waals surface area contributed by atoms with Crippen molar-refractivity contribution in [2.24, 2.45) is 33.7 Å². The van der Waals surface area contributed by atoms with Crippen LogP contribution in [0.3, 0.4) is 0 Å². The van der Waals surface area contributed by atoms with E-state index in [2.05, 4.69) is 37.3 Å². The molecular formula is C23H36N2O3S. The second-order valence-electron chi connectivity index (χ2n) is 10.8. The maximum absolute atomic E-state index is 11.5. The van der Waals surface area contributed by atoms with E-state index in [1.165, 1.54) is 11.1 Å². The van der Waals surface area contributed by atoms with E-state index in [0.29, 0.717) is 17.8 Å². The van der Waals surface area contributed by atoms with Gasteiger partial charge in [0.2, 0.25) is 10.0 Å². The van der Waals surface area contributed by atoms with E-state index in [9.17, 15) is 13.5 Å². The van der Waals surface area contributed by atoms with Gasteiger partial charge in [-0.25, -0.2) is 13.2 Å². The number of hydrazone groups is 1. The zero-order valence-corrected chi connectivity index (χ0v) is 19.3. The molecule has 162 valence electrons. The number of nitrogens with zero attached hydrogens (tertiary/aromatic N) is 1. The summed E-state index contributed by atoms with van der Waals surface area (Å²) in [6.07, 6.45) is 8.10. The number of hydrogen-bond acceptors (Lipinski definition) is 4. The minimum Gasteiger partial charge on any atom is -0.390 e. The largest absolute Gasteiger partial charge is 0.390 e. The summed E-state index contributed by atoms with van der Waals surface area (Å²) in [7, 11) is -3.36. The first-order valence-corrected chi connectivity index (χ1v) is 12.8. The Morgan fingerprint density at radius 2 is 1.79 bits per heavy atom. The molecule has 3 saturated carbocycles. The Morgan fingerprint density at radius 3 is 2.45 bits per heavy atom. The number of nitrogens with one attached hydrogen (secondary N) is 1. The fourth-order valence-electron chi connectivity index (χ4n) is 7.57. The standard InChI is InChI=1S/C23H36N2O3S/c1-14-13-16-17(7-11-22(4)18(16)8-12-23(22,5)26)21(3)10-9-19(15(2)20(14)21)24-25-29(6,27)28/h16-18,25-26H,1,7-13H2,2-6H3/b24-19+/t16-,17+,18+,21-,22+,23+/m1/s1. The third-order valence-electron chi connectivity index (χ3n) is 9.26. The van der Waals surface area contributed by atoms with E-state index in [1.54, 1.807) is 0 Å². The molecule has 4 aliphatic carbocycles. The third-order valence-corrected chi connectivity index (χ3v) is 9.68. The van der Waals surface area contributed by atoms with Gasteiger partial charge in [0.25, 0.3) is 0 Å². The molecule has 0 saturated heterocycles. The maximum atomic E-state index is 11.5. The van der Waals surface area contributed by atoms with E-state index >= 15 is 0 Å². The number of aliphatic hydroxyl groups is 1. The van der Waals surface area contributed by atoms with Crippen LogP contribution in [-0.4, -0.2) is 31.1 Å². The van der Waals surface area contributed by atoms with E-state index in [0.717, 1.165) is 62.5 Å². The highest BCUT2D eigenvalue weighted by molar-refractivity contribution is 7.88. The molecule has 0 aromatic heterocycles. The molecule has 5 nitrogen and oxygen atoms in total. The number of allylic oxidation sites excluding steroid dienone is 3. The van der Waals surface area contributed by atoms with Crippen molar-refractivity contribution in [2.75, 3.05) is 6.26 Å². The second kappa shape index (κ2) is 6.43. The van der Waals surface area contributed by atoms with Crippen LogP contribution in [0, 0.1) is 28.6 Å². The first-order chi connectivity index (χ1) is 13.3. The van der Waals surface area contributed by atoms with E-state index in [-0.39, 0.29) is 10.8 Å². The lowest BCUT2D eigenvalue weighted by Gasteiger charge is -2.59. The van der Waals surface area contributed by atoms with Crippen LogP contribution in [0.2, 0.25) is 0 Å². The molecule has 0 heterocycles. The van der Waals surface area contributed by atoms with Crippen molar-refractivity contribution in [3.8, 4) is 0 Å². The molecule has 0 spiro atoms.